The second-order valence-corrected chi connectivity index (χ2v) is 8.60. The Hall–Kier alpha value is -0.760. The highest BCUT2D eigenvalue weighted by Crippen LogP contribution is 2.54. The van der Waals surface area contributed by atoms with Gasteiger partial charge in [0.1, 0.15) is 4.33 Å². The van der Waals surface area contributed by atoms with E-state index in [1.165, 1.54) is 0 Å². The van der Waals surface area contributed by atoms with Crippen molar-refractivity contribution < 1.29 is 4.79 Å². The summed E-state index contributed by atoms with van der Waals surface area (Å²) in [5.74, 6) is 1.47. The molecule has 1 fully saturated rings. The molecule has 1 atom stereocenters. The summed E-state index contributed by atoms with van der Waals surface area (Å²) < 4.78 is 1.34. The van der Waals surface area contributed by atoms with Crippen molar-refractivity contribution in [3.63, 3.8) is 0 Å². The Balaban J connectivity index is 1.77. The maximum Gasteiger partial charge on any atom is 0.219 e. The number of hydrogen-bond acceptors (Lipinski definition) is 5. The molecule has 0 aromatic carbocycles. The Labute approximate surface area is 146 Å². The molecule has 1 aliphatic carbocycles. The van der Waals surface area contributed by atoms with E-state index in [4.69, 9.17) is 28.9 Å². The number of halogens is 2. The third-order valence-corrected chi connectivity index (χ3v) is 6.33. The van der Waals surface area contributed by atoms with Crippen molar-refractivity contribution in [3.05, 3.63) is 17.5 Å². The van der Waals surface area contributed by atoms with Gasteiger partial charge in [0.25, 0.3) is 0 Å². The third-order valence-electron chi connectivity index (χ3n) is 3.41. The van der Waals surface area contributed by atoms with Gasteiger partial charge in [-0.3, -0.25) is 4.79 Å². The van der Waals surface area contributed by atoms with Crippen molar-refractivity contribution in [2.24, 2.45) is 11.7 Å². The molecule has 0 bridgehead atoms. The summed E-state index contributed by atoms with van der Waals surface area (Å²) in [4.78, 5) is 12.1. The Morgan fingerprint density at radius 2 is 2.32 bits per heavy atom. The van der Waals surface area contributed by atoms with Crippen LogP contribution in [0.3, 0.4) is 0 Å². The quantitative estimate of drug-likeness (QED) is 0.594. The van der Waals surface area contributed by atoms with Crippen LogP contribution in [-0.2, 0) is 11.3 Å². The predicted octanol–water partition coefficient (Wildman–Crippen LogP) is 3.17. The van der Waals surface area contributed by atoms with Crippen LogP contribution in [0.15, 0.2) is 22.7 Å². The van der Waals surface area contributed by atoms with E-state index in [1.54, 1.807) is 23.1 Å². The molecule has 0 radical (unpaired) electrons. The van der Waals surface area contributed by atoms with Crippen molar-refractivity contribution in [1.82, 2.24) is 14.8 Å². The van der Waals surface area contributed by atoms with Gasteiger partial charge in [0.2, 0.25) is 5.91 Å². The van der Waals surface area contributed by atoms with Crippen LogP contribution >= 0.6 is 46.3 Å². The molecule has 5 nitrogen and oxygen atoms in total. The van der Waals surface area contributed by atoms with Gasteiger partial charge in [-0.1, -0.05) is 17.8 Å². The van der Waals surface area contributed by atoms with Crippen LogP contribution in [0.1, 0.15) is 12.8 Å². The largest absolute Gasteiger partial charge is 0.370 e. The fraction of sp³-hybridized carbons (Fsp3) is 0.462. The van der Waals surface area contributed by atoms with Gasteiger partial charge in [-0.25, -0.2) is 0 Å². The molecule has 118 valence electrons. The predicted molar refractivity (Wildman–Crippen MR) is 90.4 cm³/mol. The molecular weight excluding hydrogens is 363 g/mol. The van der Waals surface area contributed by atoms with E-state index in [9.17, 15) is 4.79 Å². The minimum Gasteiger partial charge on any atom is -0.370 e. The molecule has 0 saturated heterocycles. The minimum atomic E-state index is -0.596. The number of nitrogens with zero attached hydrogens (tertiary/aromatic N) is 3. The van der Waals surface area contributed by atoms with Gasteiger partial charge in [0.05, 0.1) is 4.88 Å². The fourth-order valence-electron chi connectivity index (χ4n) is 2.03. The van der Waals surface area contributed by atoms with Crippen LogP contribution in [0.5, 0.6) is 0 Å². The SMILES string of the molecule is NC(=O)CCn1c(SCC2CC2(Cl)Cl)nnc1-c1cccs1. The van der Waals surface area contributed by atoms with Gasteiger partial charge in [-0.2, -0.15) is 0 Å². The number of carbonyl (C=O) groups excluding carboxylic acids is 1. The molecule has 3 rings (SSSR count). The average molecular weight is 377 g/mol. The molecular formula is C13H14Cl2N4OS2. The van der Waals surface area contributed by atoms with Crippen molar-refractivity contribution >= 4 is 52.2 Å². The molecule has 9 heteroatoms. The summed E-state index contributed by atoms with van der Waals surface area (Å²) in [7, 11) is 0. The smallest absolute Gasteiger partial charge is 0.219 e. The molecule has 2 heterocycles. The van der Waals surface area contributed by atoms with E-state index in [-0.39, 0.29) is 18.2 Å². The second-order valence-electron chi connectivity index (χ2n) is 5.12. The van der Waals surface area contributed by atoms with Crippen molar-refractivity contribution in [2.45, 2.75) is 28.9 Å². The monoisotopic (exact) mass is 376 g/mol. The molecule has 22 heavy (non-hydrogen) atoms. The first kappa shape index (κ1) is 16.1. The van der Waals surface area contributed by atoms with Gasteiger partial charge in [-0.15, -0.1) is 44.7 Å². The summed E-state index contributed by atoms with van der Waals surface area (Å²) >= 11 is 15.3. The number of thiophene rings is 1. The van der Waals surface area contributed by atoms with Gasteiger partial charge >= 0.3 is 0 Å². The maximum atomic E-state index is 11.1. The number of amides is 1. The number of hydrogen-bond donors (Lipinski definition) is 1. The van der Waals surface area contributed by atoms with E-state index in [0.29, 0.717) is 6.54 Å². The zero-order chi connectivity index (χ0) is 15.7. The van der Waals surface area contributed by atoms with Crippen LogP contribution < -0.4 is 5.73 Å². The molecule has 0 spiro atoms. The standard InChI is InChI=1S/C13H14Cl2N4OS2/c14-13(15)6-8(13)7-22-12-18-17-11(9-2-1-5-21-9)19(12)4-3-10(16)20/h1-2,5,8H,3-4,6-7H2,(H2,16,20). The number of thioether (sulfide) groups is 1. The first-order chi connectivity index (χ1) is 10.5. The van der Waals surface area contributed by atoms with E-state index in [1.807, 2.05) is 22.1 Å². The summed E-state index contributed by atoms with van der Waals surface area (Å²) in [5, 5.41) is 11.2. The van der Waals surface area contributed by atoms with Crippen LogP contribution in [0.2, 0.25) is 0 Å². The summed E-state index contributed by atoms with van der Waals surface area (Å²) in [6, 6.07) is 3.94. The summed E-state index contributed by atoms with van der Waals surface area (Å²) in [6.45, 7) is 0.468. The number of aromatic nitrogens is 3. The molecule has 1 saturated carbocycles. The lowest BCUT2D eigenvalue weighted by Crippen LogP contribution is -2.15. The molecule has 1 amide bonds. The van der Waals surface area contributed by atoms with Crippen LogP contribution in [0, 0.1) is 5.92 Å². The third kappa shape index (κ3) is 3.59. The number of carbonyl (C=O) groups is 1. The Bertz CT molecular complexity index is 672. The second kappa shape index (κ2) is 6.39. The molecule has 1 unspecified atom stereocenters. The number of alkyl halides is 2. The van der Waals surface area contributed by atoms with Gasteiger partial charge in [0, 0.05) is 24.6 Å². The Kier molecular flexibility index (Phi) is 4.68. The topological polar surface area (TPSA) is 73.8 Å². The maximum absolute atomic E-state index is 11.1. The number of nitrogens with two attached hydrogens (primary N) is 1. The van der Waals surface area contributed by atoms with Crippen LogP contribution in [0.4, 0.5) is 0 Å². The van der Waals surface area contributed by atoms with E-state index < -0.39 is 4.33 Å². The van der Waals surface area contributed by atoms with E-state index in [0.717, 1.165) is 28.0 Å². The highest BCUT2D eigenvalue weighted by atomic mass is 35.5. The molecule has 2 aromatic heterocycles. The normalized spacial score (nSPS) is 19.3. The molecule has 2 N–H and O–H groups in total. The van der Waals surface area contributed by atoms with Gasteiger partial charge in [0.15, 0.2) is 11.0 Å². The average Bonchev–Trinajstić information content (AvgIpc) is 2.91. The highest BCUT2D eigenvalue weighted by Gasteiger charge is 2.51. The molecule has 1 aliphatic rings. The first-order valence-corrected chi connectivity index (χ1v) is 9.35. The Morgan fingerprint density at radius 3 is 2.91 bits per heavy atom. The summed E-state index contributed by atoms with van der Waals surface area (Å²) in [5.41, 5.74) is 5.26. The molecule has 0 aliphatic heterocycles. The van der Waals surface area contributed by atoms with Crippen LogP contribution in [0.25, 0.3) is 10.7 Å². The van der Waals surface area contributed by atoms with Crippen molar-refractivity contribution in [2.75, 3.05) is 5.75 Å². The zero-order valence-electron chi connectivity index (χ0n) is 11.5. The first-order valence-electron chi connectivity index (χ1n) is 6.73. The van der Waals surface area contributed by atoms with Crippen molar-refractivity contribution in [1.29, 1.82) is 0 Å². The number of primary amides is 1. The summed E-state index contributed by atoms with van der Waals surface area (Å²) in [6.07, 6.45) is 1.05. The highest BCUT2D eigenvalue weighted by molar-refractivity contribution is 7.99. The van der Waals surface area contributed by atoms with Gasteiger partial charge < -0.3 is 10.3 Å². The van der Waals surface area contributed by atoms with Gasteiger partial charge in [-0.05, 0) is 17.9 Å². The molecule has 2 aromatic rings. The Morgan fingerprint density at radius 1 is 1.55 bits per heavy atom. The lowest BCUT2D eigenvalue weighted by Gasteiger charge is -2.08. The zero-order valence-corrected chi connectivity index (χ0v) is 14.7. The number of rotatable bonds is 7. The minimum absolute atomic E-state index is 0.252. The van der Waals surface area contributed by atoms with Crippen molar-refractivity contribution in [3.8, 4) is 10.7 Å². The lowest BCUT2D eigenvalue weighted by molar-refractivity contribution is -0.118. The van der Waals surface area contributed by atoms with Crippen LogP contribution in [-0.4, -0.2) is 30.8 Å². The fourth-order valence-corrected chi connectivity index (χ4v) is 4.64. The lowest BCUT2D eigenvalue weighted by atomic mass is 10.4. The van der Waals surface area contributed by atoms with E-state index >= 15 is 0 Å². The van der Waals surface area contributed by atoms with E-state index in [2.05, 4.69) is 10.2 Å².